The first-order chi connectivity index (χ1) is 14.9. The number of nitrogens with zero attached hydrogens (tertiary/aromatic N) is 3. The molecule has 1 fully saturated rings. The highest BCUT2D eigenvalue weighted by Crippen LogP contribution is 2.38. The van der Waals surface area contributed by atoms with E-state index in [1.54, 1.807) is 0 Å². The number of aromatic nitrogens is 4. The summed E-state index contributed by atoms with van der Waals surface area (Å²) in [7, 11) is 0. The van der Waals surface area contributed by atoms with Crippen molar-refractivity contribution in [1.82, 2.24) is 19.7 Å². The molecule has 0 spiro atoms. The summed E-state index contributed by atoms with van der Waals surface area (Å²) in [6.45, 7) is 0. The Morgan fingerprint density at radius 1 is 1.03 bits per heavy atom. The number of hydrogen-bond acceptors (Lipinski definition) is 3. The first-order valence-electron chi connectivity index (χ1n) is 10.3. The molecule has 4 aromatic rings. The maximum absolute atomic E-state index is 13.0. The van der Waals surface area contributed by atoms with Crippen LogP contribution in [0.4, 0.5) is 13.2 Å². The summed E-state index contributed by atoms with van der Waals surface area (Å²) in [6.07, 6.45) is 0.671. The number of para-hydroxylation sites is 2. The fourth-order valence-electron chi connectivity index (χ4n) is 4.37. The average Bonchev–Trinajstić information content (AvgIpc) is 3.47. The van der Waals surface area contributed by atoms with Gasteiger partial charge >= 0.3 is 6.18 Å². The lowest BCUT2D eigenvalue weighted by molar-refractivity contribution is -0.137. The first-order valence-corrected chi connectivity index (χ1v) is 10.3. The summed E-state index contributed by atoms with van der Waals surface area (Å²) in [5.74, 6) is 0.762. The van der Waals surface area contributed by atoms with Crippen molar-refractivity contribution >= 4 is 11.0 Å². The van der Waals surface area contributed by atoms with Gasteiger partial charge in [0.1, 0.15) is 5.69 Å². The van der Waals surface area contributed by atoms with Crippen LogP contribution in [-0.4, -0.2) is 24.9 Å². The molecule has 2 aromatic carbocycles. The quantitative estimate of drug-likeness (QED) is 0.429. The van der Waals surface area contributed by atoms with E-state index in [4.69, 9.17) is 0 Å². The van der Waals surface area contributed by atoms with E-state index < -0.39 is 11.7 Å². The predicted octanol–water partition coefficient (Wildman–Crippen LogP) is 5.87. The second kappa shape index (κ2) is 7.44. The first kappa shape index (κ1) is 19.7. The van der Waals surface area contributed by atoms with Crippen molar-refractivity contribution in [1.29, 1.82) is 0 Å². The molecule has 1 saturated carbocycles. The maximum atomic E-state index is 13.0. The van der Waals surface area contributed by atoms with Crippen LogP contribution in [0.5, 0.6) is 5.88 Å². The third-order valence-corrected chi connectivity index (χ3v) is 5.99. The van der Waals surface area contributed by atoms with E-state index in [0.717, 1.165) is 48.8 Å². The molecule has 160 valence electrons. The minimum Gasteiger partial charge on any atom is -0.493 e. The second-order valence-corrected chi connectivity index (χ2v) is 8.07. The van der Waals surface area contributed by atoms with Gasteiger partial charge in [-0.25, -0.2) is 4.98 Å². The number of aromatic amines is 1. The molecule has 0 aliphatic heterocycles. The third kappa shape index (κ3) is 3.66. The minimum atomic E-state index is -4.40. The Hall–Kier alpha value is -3.29. The normalized spacial score (nSPS) is 15.2. The molecule has 31 heavy (non-hydrogen) atoms. The Balaban J connectivity index is 1.61. The fourth-order valence-corrected chi connectivity index (χ4v) is 4.37. The number of alkyl halides is 3. The Kier molecular flexibility index (Phi) is 4.72. The maximum Gasteiger partial charge on any atom is 0.416 e. The topological polar surface area (TPSA) is 66.7 Å². The van der Waals surface area contributed by atoms with Crippen molar-refractivity contribution < 1.29 is 18.3 Å². The molecule has 0 bridgehead atoms. The van der Waals surface area contributed by atoms with Gasteiger partial charge in [-0.2, -0.15) is 23.0 Å². The van der Waals surface area contributed by atoms with Crippen LogP contribution in [0.25, 0.3) is 28.2 Å². The minimum absolute atomic E-state index is 0.0270. The number of benzene rings is 2. The van der Waals surface area contributed by atoms with Crippen molar-refractivity contribution in [2.75, 3.05) is 0 Å². The van der Waals surface area contributed by atoms with Crippen LogP contribution in [-0.2, 0) is 12.6 Å². The highest BCUT2D eigenvalue weighted by atomic mass is 19.4. The molecule has 0 amide bonds. The molecule has 1 aliphatic rings. The summed E-state index contributed by atoms with van der Waals surface area (Å²) in [6, 6.07) is 12.4. The smallest absolute Gasteiger partial charge is 0.416 e. The van der Waals surface area contributed by atoms with Crippen molar-refractivity contribution in [3.63, 3.8) is 0 Å². The molecule has 8 heteroatoms. The van der Waals surface area contributed by atoms with E-state index in [9.17, 15) is 18.3 Å². The van der Waals surface area contributed by atoms with Gasteiger partial charge in [0.05, 0.1) is 16.6 Å². The van der Waals surface area contributed by atoms with E-state index >= 15 is 0 Å². The Labute approximate surface area is 176 Å². The van der Waals surface area contributed by atoms with Gasteiger partial charge in [0.25, 0.3) is 0 Å². The number of rotatable bonds is 4. The van der Waals surface area contributed by atoms with Gasteiger partial charge < -0.3 is 10.1 Å². The largest absolute Gasteiger partial charge is 0.493 e. The molecule has 2 heterocycles. The van der Waals surface area contributed by atoms with Crippen LogP contribution < -0.4 is 0 Å². The van der Waals surface area contributed by atoms with Gasteiger partial charge in [0.2, 0.25) is 11.8 Å². The second-order valence-electron chi connectivity index (χ2n) is 8.07. The predicted molar refractivity (Wildman–Crippen MR) is 111 cm³/mol. The monoisotopic (exact) mass is 426 g/mol. The van der Waals surface area contributed by atoms with Crippen LogP contribution in [0.2, 0.25) is 0 Å². The zero-order valence-electron chi connectivity index (χ0n) is 16.7. The number of fused-ring (bicyclic) bond motifs is 1. The fraction of sp³-hybridized carbons (Fsp3) is 0.304. The molecule has 5 nitrogen and oxygen atoms in total. The number of H-pyrrole nitrogens is 1. The molecular formula is C23H21F3N4O. The average molecular weight is 426 g/mol. The molecule has 0 unspecified atom stereocenters. The van der Waals surface area contributed by atoms with Gasteiger partial charge in [-0.3, -0.25) is 0 Å². The molecule has 2 aromatic heterocycles. The Morgan fingerprint density at radius 3 is 2.42 bits per heavy atom. The lowest BCUT2D eigenvalue weighted by atomic mass is 9.95. The summed E-state index contributed by atoms with van der Waals surface area (Å²) in [4.78, 5) is 7.65. The van der Waals surface area contributed by atoms with Crippen LogP contribution in [0.1, 0.15) is 36.8 Å². The molecule has 5 rings (SSSR count). The lowest BCUT2D eigenvalue weighted by Crippen LogP contribution is -2.04. The highest BCUT2D eigenvalue weighted by Gasteiger charge is 2.31. The molecule has 0 saturated heterocycles. The summed E-state index contributed by atoms with van der Waals surface area (Å²) in [5.41, 5.74) is 2.49. The third-order valence-electron chi connectivity index (χ3n) is 5.99. The number of hydrogen-bond donors (Lipinski definition) is 2. The number of imidazole rings is 1. The number of halogens is 3. The van der Waals surface area contributed by atoms with Gasteiger partial charge in [-0.1, -0.05) is 49.9 Å². The zero-order chi connectivity index (χ0) is 21.6. The van der Waals surface area contributed by atoms with Crippen molar-refractivity contribution in [3.8, 4) is 23.1 Å². The van der Waals surface area contributed by atoms with Crippen LogP contribution in [0.3, 0.4) is 0 Å². The van der Waals surface area contributed by atoms with Gasteiger partial charge in [-0.15, -0.1) is 0 Å². The summed E-state index contributed by atoms with van der Waals surface area (Å²) >= 11 is 0. The van der Waals surface area contributed by atoms with Crippen molar-refractivity contribution in [3.05, 3.63) is 59.7 Å². The Morgan fingerprint density at radius 2 is 1.74 bits per heavy atom. The van der Waals surface area contributed by atoms with E-state index in [2.05, 4.69) is 15.1 Å². The van der Waals surface area contributed by atoms with Crippen LogP contribution in [0.15, 0.2) is 48.5 Å². The van der Waals surface area contributed by atoms with Crippen molar-refractivity contribution in [2.24, 2.45) is 5.92 Å². The molecule has 1 aliphatic carbocycles. The lowest BCUT2D eigenvalue weighted by Gasteiger charge is -2.10. The zero-order valence-corrected chi connectivity index (χ0v) is 16.7. The van der Waals surface area contributed by atoms with Gasteiger partial charge in [0, 0.05) is 11.1 Å². The summed E-state index contributed by atoms with van der Waals surface area (Å²) < 4.78 is 40.3. The van der Waals surface area contributed by atoms with Gasteiger partial charge in [-0.05, 0) is 36.6 Å². The van der Waals surface area contributed by atoms with E-state index in [1.807, 2.05) is 24.3 Å². The van der Waals surface area contributed by atoms with E-state index in [0.29, 0.717) is 35.1 Å². The molecule has 0 radical (unpaired) electrons. The van der Waals surface area contributed by atoms with Crippen LogP contribution >= 0.6 is 0 Å². The van der Waals surface area contributed by atoms with Gasteiger partial charge in [0.15, 0.2) is 0 Å². The van der Waals surface area contributed by atoms with Crippen molar-refractivity contribution in [2.45, 2.75) is 38.3 Å². The SMILES string of the molecule is Oc1c(CC2CCCC2)c(-c2ccc(C(F)(F)F)cc2)nn1-c1nc2ccccc2[nH]1. The van der Waals surface area contributed by atoms with Crippen LogP contribution in [0, 0.1) is 5.92 Å². The molecule has 2 N–H and O–H groups in total. The van der Waals surface area contributed by atoms with E-state index in [-0.39, 0.29) is 5.88 Å². The summed E-state index contributed by atoms with van der Waals surface area (Å²) in [5, 5.41) is 15.6. The standard InChI is InChI=1S/C23H21F3N4O/c24-23(25,26)16-11-9-15(10-12-16)20-17(13-14-5-1-2-6-14)21(31)30(29-20)22-27-18-7-3-4-8-19(18)28-22/h3-4,7-12,14,31H,1-2,5-6,13H2,(H,27,28). The Bertz CT molecular complexity index is 1190. The molecule has 0 atom stereocenters. The number of aromatic hydroxyl groups is 1. The number of nitrogens with one attached hydrogen (secondary N) is 1. The highest BCUT2D eigenvalue weighted by molar-refractivity contribution is 5.76. The molecular weight excluding hydrogens is 405 g/mol. The van der Waals surface area contributed by atoms with E-state index in [1.165, 1.54) is 16.8 Å².